The van der Waals surface area contributed by atoms with Crippen LogP contribution in [0.5, 0.6) is 0 Å². The molecular formula is C16H28. The predicted molar refractivity (Wildman–Crippen MR) is 75.6 cm³/mol. The minimum atomic E-state index is 0.645. The SMILES string of the molecule is C=CC(C)CCC=C(C)CCC=C(C)CC. The summed E-state index contributed by atoms with van der Waals surface area (Å²) in [5.41, 5.74) is 3.03. The summed E-state index contributed by atoms with van der Waals surface area (Å²) in [6.45, 7) is 12.7. The first kappa shape index (κ1) is 15.2. The molecule has 0 nitrogen and oxygen atoms in total. The molecule has 0 fully saturated rings. The molecule has 92 valence electrons. The van der Waals surface area contributed by atoms with Gasteiger partial charge in [-0.15, -0.1) is 6.58 Å². The van der Waals surface area contributed by atoms with E-state index in [9.17, 15) is 0 Å². The maximum absolute atomic E-state index is 3.81. The molecule has 0 heterocycles. The number of rotatable bonds is 8. The predicted octanol–water partition coefficient (Wildman–Crippen LogP) is 5.67. The zero-order chi connectivity index (χ0) is 12.4. The molecule has 0 spiro atoms. The molecule has 0 rings (SSSR count). The van der Waals surface area contributed by atoms with Crippen molar-refractivity contribution in [3.63, 3.8) is 0 Å². The van der Waals surface area contributed by atoms with Crippen LogP contribution in [0.4, 0.5) is 0 Å². The highest BCUT2D eigenvalue weighted by Crippen LogP contribution is 2.12. The zero-order valence-electron chi connectivity index (χ0n) is 11.6. The van der Waals surface area contributed by atoms with E-state index < -0.39 is 0 Å². The van der Waals surface area contributed by atoms with Gasteiger partial charge in [-0.2, -0.15) is 0 Å². The molecule has 0 saturated carbocycles. The van der Waals surface area contributed by atoms with Gasteiger partial charge in [-0.1, -0.05) is 43.2 Å². The van der Waals surface area contributed by atoms with Crippen LogP contribution in [0.15, 0.2) is 36.0 Å². The van der Waals surface area contributed by atoms with Crippen LogP contribution in [0.2, 0.25) is 0 Å². The van der Waals surface area contributed by atoms with Gasteiger partial charge in [0.1, 0.15) is 0 Å². The largest absolute Gasteiger partial charge is 0.103 e. The maximum Gasteiger partial charge on any atom is -0.0262 e. The van der Waals surface area contributed by atoms with Crippen LogP contribution in [0.1, 0.15) is 59.8 Å². The first-order valence-electron chi connectivity index (χ1n) is 6.54. The fraction of sp³-hybridized carbons (Fsp3) is 0.625. The molecule has 0 N–H and O–H groups in total. The molecule has 0 bridgehead atoms. The topological polar surface area (TPSA) is 0 Å². The molecule has 0 saturated heterocycles. The van der Waals surface area contributed by atoms with E-state index in [2.05, 4.69) is 46.4 Å². The Morgan fingerprint density at radius 1 is 1.12 bits per heavy atom. The summed E-state index contributed by atoms with van der Waals surface area (Å²) < 4.78 is 0. The van der Waals surface area contributed by atoms with Gasteiger partial charge in [-0.05, 0) is 51.9 Å². The van der Waals surface area contributed by atoms with Crippen LogP contribution in [0.25, 0.3) is 0 Å². The third kappa shape index (κ3) is 8.52. The van der Waals surface area contributed by atoms with Gasteiger partial charge in [0.15, 0.2) is 0 Å². The lowest BCUT2D eigenvalue weighted by Crippen LogP contribution is -1.87. The smallest absolute Gasteiger partial charge is 0.0262 e. The van der Waals surface area contributed by atoms with Crippen molar-refractivity contribution in [2.75, 3.05) is 0 Å². The minimum Gasteiger partial charge on any atom is -0.103 e. The summed E-state index contributed by atoms with van der Waals surface area (Å²) in [7, 11) is 0. The third-order valence-corrected chi connectivity index (χ3v) is 3.11. The Bertz CT molecular complexity index is 243. The highest BCUT2D eigenvalue weighted by Gasteiger charge is 1.94. The molecule has 0 aromatic rings. The normalized spacial score (nSPS) is 15.0. The van der Waals surface area contributed by atoms with E-state index in [1.165, 1.54) is 43.3 Å². The quantitative estimate of drug-likeness (QED) is 0.462. The molecule has 0 aromatic carbocycles. The highest BCUT2D eigenvalue weighted by atomic mass is 14.0. The van der Waals surface area contributed by atoms with Gasteiger partial charge < -0.3 is 0 Å². The molecular weight excluding hydrogens is 192 g/mol. The molecule has 0 aliphatic rings. The van der Waals surface area contributed by atoms with Gasteiger partial charge in [0.05, 0.1) is 0 Å². The summed E-state index contributed by atoms with van der Waals surface area (Å²) in [5.74, 6) is 0.645. The van der Waals surface area contributed by atoms with Crippen molar-refractivity contribution in [1.82, 2.24) is 0 Å². The first-order chi connectivity index (χ1) is 7.60. The second kappa shape index (κ2) is 9.45. The van der Waals surface area contributed by atoms with Crippen molar-refractivity contribution < 1.29 is 0 Å². The van der Waals surface area contributed by atoms with E-state index in [0.717, 1.165) is 0 Å². The number of hydrogen-bond donors (Lipinski definition) is 0. The number of hydrogen-bond acceptors (Lipinski definition) is 0. The van der Waals surface area contributed by atoms with Crippen molar-refractivity contribution >= 4 is 0 Å². The van der Waals surface area contributed by atoms with Gasteiger partial charge in [-0.25, -0.2) is 0 Å². The molecule has 0 aromatic heterocycles. The van der Waals surface area contributed by atoms with E-state index in [1.807, 2.05) is 6.08 Å². The summed E-state index contributed by atoms with van der Waals surface area (Å²) in [6.07, 6.45) is 12.8. The van der Waals surface area contributed by atoms with E-state index in [-0.39, 0.29) is 0 Å². The van der Waals surface area contributed by atoms with E-state index in [0.29, 0.717) is 5.92 Å². The maximum atomic E-state index is 3.81. The Hall–Kier alpha value is -0.780. The Kier molecular flexibility index (Phi) is 8.99. The fourth-order valence-electron chi connectivity index (χ4n) is 1.50. The van der Waals surface area contributed by atoms with Gasteiger partial charge in [0.25, 0.3) is 0 Å². The molecule has 1 atom stereocenters. The summed E-state index contributed by atoms with van der Waals surface area (Å²) >= 11 is 0. The van der Waals surface area contributed by atoms with Crippen LogP contribution in [-0.2, 0) is 0 Å². The second-order valence-electron chi connectivity index (χ2n) is 4.78. The lowest BCUT2D eigenvalue weighted by Gasteiger charge is -2.03. The Labute approximate surface area is 102 Å². The van der Waals surface area contributed by atoms with Gasteiger partial charge in [0.2, 0.25) is 0 Å². The summed E-state index contributed by atoms with van der Waals surface area (Å²) in [4.78, 5) is 0. The van der Waals surface area contributed by atoms with Crippen LogP contribution >= 0.6 is 0 Å². The third-order valence-electron chi connectivity index (χ3n) is 3.11. The van der Waals surface area contributed by atoms with Crippen molar-refractivity contribution in [3.05, 3.63) is 36.0 Å². The van der Waals surface area contributed by atoms with E-state index >= 15 is 0 Å². The Morgan fingerprint density at radius 3 is 2.31 bits per heavy atom. The second-order valence-corrected chi connectivity index (χ2v) is 4.78. The average molecular weight is 220 g/mol. The molecule has 1 unspecified atom stereocenters. The molecule has 0 amide bonds. The molecule has 0 aliphatic carbocycles. The van der Waals surface area contributed by atoms with Crippen LogP contribution in [0.3, 0.4) is 0 Å². The van der Waals surface area contributed by atoms with Crippen molar-refractivity contribution in [3.8, 4) is 0 Å². The standard InChI is InChI=1S/C16H28/c1-6-14(3)10-8-12-16(5)13-9-11-15(4)7-2/h6,11-12,14H,1,7-10,13H2,2-5H3. The molecule has 0 aliphatic heterocycles. The summed E-state index contributed by atoms with van der Waals surface area (Å²) in [6, 6.07) is 0. The molecule has 16 heavy (non-hydrogen) atoms. The highest BCUT2D eigenvalue weighted by molar-refractivity contribution is 5.03. The van der Waals surface area contributed by atoms with Crippen LogP contribution in [0, 0.1) is 5.92 Å². The van der Waals surface area contributed by atoms with Gasteiger partial charge in [0, 0.05) is 0 Å². The van der Waals surface area contributed by atoms with Crippen molar-refractivity contribution in [1.29, 1.82) is 0 Å². The first-order valence-corrected chi connectivity index (χ1v) is 6.54. The van der Waals surface area contributed by atoms with Crippen molar-refractivity contribution in [2.24, 2.45) is 5.92 Å². The van der Waals surface area contributed by atoms with Crippen LogP contribution in [-0.4, -0.2) is 0 Å². The molecule has 0 heteroatoms. The molecule has 0 radical (unpaired) electrons. The van der Waals surface area contributed by atoms with Crippen LogP contribution < -0.4 is 0 Å². The fourth-order valence-corrected chi connectivity index (χ4v) is 1.50. The van der Waals surface area contributed by atoms with Gasteiger partial charge in [-0.3, -0.25) is 0 Å². The lowest BCUT2D eigenvalue weighted by atomic mass is 10.0. The Morgan fingerprint density at radius 2 is 1.75 bits per heavy atom. The Balaban J connectivity index is 3.75. The zero-order valence-corrected chi connectivity index (χ0v) is 11.6. The number of allylic oxidation sites excluding steroid dienone is 5. The van der Waals surface area contributed by atoms with Crippen molar-refractivity contribution in [2.45, 2.75) is 59.8 Å². The minimum absolute atomic E-state index is 0.645. The monoisotopic (exact) mass is 220 g/mol. The lowest BCUT2D eigenvalue weighted by molar-refractivity contribution is 0.656. The van der Waals surface area contributed by atoms with E-state index in [4.69, 9.17) is 0 Å². The summed E-state index contributed by atoms with van der Waals surface area (Å²) in [5, 5.41) is 0. The average Bonchev–Trinajstić information content (AvgIpc) is 2.28. The van der Waals surface area contributed by atoms with Gasteiger partial charge >= 0.3 is 0 Å². The van der Waals surface area contributed by atoms with E-state index in [1.54, 1.807) is 0 Å².